The van der Waals surface area contributed by atoms with E-state index in [4.69, 9.17) is 9.25 Å². The molecule has 0 radical (unpaired) electrons. The Kier molecular flexibility index (Phi) is 3.35. The first-order valence-corrected chi connectivity index (χ1v) is 7.03. The number of nitrogens with zero attached hydrogens (tertiary/aromatic N) is 2. The van der Waals surface area contributed by atoms with E-state index in [1.165, 1.54) is 16.4 Å². The molecule has 0 aromatic carbocycles. The van der Waals surface area contributed by atoms with Crippen LogP contribution in [-0.2, 0) is 4.84 Å². The van der Waals surface area contributed by atoms with Gasteiger partial charge in [-0.05, 0) is 31.9 Å². The summed E-state index contributed by atoms with van der Waals surface area (Å²) in [6, 6.07) is 3.64. The van der Waals surface area contributed by atoms with Crippen LogP contribution in [0.4, 0.5) is 0 Å². The molecule has 0 atom stereocenters. The zero-order chi connectivity index (χ0) is 13.2. The van der Waals surface area contributed by atoms with Crippen LogP contribution in [0.15, 0.2) is 22.8 Å². The average molecular weight is 278 g/mol. The highest BCUT2D eigenvalue weighted by Gasteiger charge is 2.24. The summed E-state index contributed by atoms with van der Waals surface area (Å²) in [5.74, 6) is 0.526. The second-order valence-electron chi connectivity index (χ2n) is 4.35. The molecule has 1 saturated heterocycles. The molecule has 0 bridgehead atoms. The average Bonchev–Trinajstić information content (AvgIpc) is 3.08. The van der Waals surface area contributed by atoms with E-state index < -0.39 is 0 Å². The van der Waals surface area contributed by atoms with Crippen molar-refractivity contribution in [2.45, 2.75) is 19.8 Å². The number of amides is 1. The first kappa shape index (κ1) is 12.4. The van der Waals surface area contributed by atoms with Crippen LogP contribution in [0, 0.1) is 6.92 Å². The van der Waals surface area contributed by atoms with Crippen molar-refractivity contribution in [3.63, 3.8) is 0 Å². The summed E-state index contributed by atoms with van der Waals surface area (Å²) < 4.78 is 5.30. The lowest BCUT2D eigenvalue weighted by Gasteiger charge is -2.25. The van der Waals surface area contributed by atoms with Gasteiger partial charge >= 0.3 is 0 Å². The topological polar surface area (TPSA) is 55.6 Å². The van der Waals surface area contributed by atoms with E-state index >= 15 is 0 Å². The number of hydrogen-bond acceptors (Lipinski definition) is 5. The fourth-order valence-corrected chi connectivity index (χ4v) is 2.85. The highest BCUT2D eigenvalue weighted by atomic mass is 32.1. The quantitative estimate of drug-likeness (QED) is 0.847. The fraction of sp³-hybridized carbons (Fsp3) is 0.385. The molecule has 100 valence electrons. The zero-order valence-electron chi connectivity index (χ0n) is 10.6. The third-order valence-corrected chi connectivity index (χ3v) is 3.95. The molecule has 5 nitrogen and oxygen atoms in total. The van der Waals surface area contributed by atoms with Crippen LogP contribution in [0.1, 0.15) is 28.2 Å². The van der Waals surface area contributed by atoms with Crippen LogP contribution in [0.3, 0.4) is 0 Å². The zero-order valence-corrected chi connectivity index (χ0v) is 11.4. The van der Waals surface area contributed by atoms with Crippen LogP contribution < -0.4 is 0 Å². The first-order valence-electron chi connectivity index (χ1n) is 6.22. The minimum absolute atomic E-state index is 0.161. The van der Waals surface area contributed by atoms with Gasteiger partial charge < -0.3 is 4.42 Å². The van der Waals surface area contributed by atoms with Crippen LogP contribution in [-0.4, -0.2) is 29.1 Å². The summed E-state index contributed by atoms with van der Waals surface area (Å²) in [4.78, 5) is 23.0. The number of hydroxylamine groups is 2. The van der Waals surface area contributed by atoms with Crippen molar-refractivity contribution >= 4 is 17.2 Å². The molecule has 6 heteroatoms. The standard InChI is InChI=1S/C13H14N2O3S/c1-9-11(13(16)15-6-2-3-8-18-15)14-12(19-9)10-5-4-7-17-10/h4-5,7H,2-3,6,8H2,1H3. The number of carbonyl (C=O) groups excluding carboxylic acids is 1. The molecule has 2 aromatic rings. The normalized spacial score (nSPS) is 15.7. The predicted molar refractivity (Wildman–Crippen MR) is 70.8 cm³/mol. The van der Waals surface area contributed by atoms with Gasteiger partial charge in [0.2, 0.25) is 0 Å². The van der Waals surface area contributed by atoms with Crippen molar-refractivity contribution in [1.29, 1.82) is 0 Å². The minimum Gasteiger partial charge on any atom is -0.462 e. The summed E-state index contributed by atoms with van der Waals surface area (Å²) in [7, 11) is 0. The molecular formula is C13H14N2O3S. The highest BCUT2D eigenvalue weighted by molar-refractivity contribution is 7.15. The van der Waals surface area contributed by atoms with Gasteiger partial charge in [0.1, 0.15) is 5.69 Å². The Morgan fingerprint density at radius 1 is 1.47 bits per heavy atom. The summed E-state index contributed by atoms with van der Waals surface area (Å²) in [5, 5.41) is 2.14. The maximum absolute atomic E-state index is 12.3. The van der Waals surface area contributed by atoms with Gasteiger partial charge in [-0.15, -0.1) is 11.3 Å². The van der Waals surface area contributed by atoms with Gasteiger partial charge in [0, 0.05) is 11.4 Å². The van der Waals surface area contributed by atoms with E-state index in [2.05, 4.69) is 4.98 Å². The van der Waals surface area contributed by atoms with Gasteiger partial charge in [0.05, 0.1) is 12.9 Å². The summed E-state index contributed by atoms with van der Waals surface area (Å²) in [5.41, 5.74) is 0.457. The first-order chi connectivity index (χ1) is 9.25. The fourth-order valence-electron chi connectivity index (χ4n) is 1.98. The maximum atomic E-state index is 12.3. The Hall–Kier alpha value is -1.66. The van der Waals surface area contributed by atoms with Crippen LogP contribution in [0.25, 0.3) is 10.8 Å². The van der Waals surface area contributed by atoms with Crippen molar-refractivity contribution < 1.29 is 14.0 Å². The lowest BCUT2D eigenvalue weighted by atomic mass is 10.3. The van der Waals surface area contributed by atoms with Crippen LogP contribution in [0.5, 0.6) is 0 Å². The predicted octanol–water partition coefficient (Wildman–Crippen LogP) is 2.88. The Balaban J connectivity index is 1.86. The molecule has 0 spiro atoms. The second-order valence-corrected chi connectivity index (χ2v) is 5.55. The van der Waals surface area contributed by atoms with Gasteiger partial charge in [-0.1, -0.05) is 0 Å². The molecule has 3 heterocycles. The second kappa shape index (κ2) is 5.14. The Morgan fingerprint density at radius 3 is 3.05 bits per heavy atom. The lowest BCUT2D eigenvalue weighted by Crippen LogP contribution is -2.36. The number of furan rings is 1. The van der Waals surface area contributed by atoms with Gasteiger partial charge in [-0.2, -0.15) is 0 Å². The van der Waals surface area contributed by atoms with Gasteiger partial charge in [-0.3, -0.25) is 9.63 Å². The van der Waals surface area contributed by atoms with Crippen LogP contribution >= 0.6 is 11.3 Å². The SMILES string of the molecule is Cc1sc(-c2ccco2)nc1C(=O)N1CCCCO1. The third-order valence-electron chi connectivity index (χ3n) is 2.96. The molecule has 1 aliphatic heterocycles. The summed E-state index contributed by atoms with van der Waals surface area (Å²) in [6.07, 6.45) is 3.57. The van der Waals surface area contributed by atoms with Gasteiger partial charge in [-0.25, -0.2) is 10.0 Å². The molecule has 19 heavy (non-hydrogen) atoms. The molecule has 1 amide bonds. The molecule has 0 saturated carbocycles. The number of carbonyl (C=O) groups is 1. The monoisotopic (exact) mass is 278 g/mol. The maximum Gasteiger partial charge on any atom is 0.297 e. The number of aryl methyl sites for hydroxylation is 1. The van der Waals surface area contributed by atoms with E-state index in [1.807, 2.05) is 13.0 Å². The van der Waals surface area contributed by atoms with E-state index in [9.17, 15) is 4.79 Å². The number of aromatic nitrogens is 1. The van der Waals surface area contributed by atoms with E-state index in [1.54, 1.807) is 12.3 Å². The molecule has 0 aliphatic carbocycles. The van der Waals surface area contributed by atoms with Crippen molar-refractivity contribution in [2.24, 2.45) is 0 Å². The largest absolute Gasteiger partial charge is 0.462 e. The van der Waals surface area contributed by atoms with Crippen molar-refractivity contribution in [3.8, 4) is 10.8 Å². The number of hydrogen-bond donors (Lipinski definition) is 0. The number of thiazole rings is 1. The highest BCUT2D eigenvalue weighted by Crippen LogP contribution is 2.28. The Morgan fingerprint density at radius 2 is 2.37 bits per heavy atom. The smallest absolute Gasteiger partial charge is 0.297 e. The van der Waals surface area contributed by atoms with E-state index in [-0.39, 0.29) is 5.91 Å². The molecule has 3 rings (SSSR count). The molecule has 0 unspecified atom stereocenters. The Labute approximate surface area is 114 Å². The molecule has 1 fully saturated rings. The van der Waals surface area contributed by atoms with Gasteiger partial charge in [0.15, 0.2) is 10.8 Å². The number of rotatable bonds is 2. The van der Waals surface area contributed by atoms with E-state index in [0.717, 1.165) is 22.7 Å². The minimum atomic E-state index is -0.161. The van der Waals surface area contributed by atoms with Crippen molar-refractivity contribution in [3.05, 3.63) is 29.0 Å². The third kappa shape index (κ3) is 2.41. The lowest BCUT2D eigenvalue weighted by molar-refractivity contribution is -0.144. The molecule has 0 N–H and O–H groups in total. The Bertz CT molecular complexity index is 571. The molecule has 2 aromatic heterocycles. The summed E-state index contributed by atoms with van der Waals surface area (Å²) >= 11 is 1.46. The van der Waals surface area contributed by atoms with Crippen molar-refractivity contribution in [2.75, 3.05) is 13.2 Å². The summed E-state index contributed by atoms with van der Waals surface area (Å²) in [6.45, 7) is 3.12. The van der Waals surface area contributed by atoms with Crippen molar-refractivity contribution in [1.82, 2.24) is 10.0 Å². The van der Waals surface area contributed by atoms with E-state index in [0.29, 0.717) is 24.6 Å². The molecule has 1 aliphatic rings. The molecular weight excluding hydrogens is 264 g/mol. The van der Waals surface area contributed by atoms with Gasteiger partial charge in [0.25, 0.3) is 5.91 Å². The van der Waals surface area contributed by atoms with Crippen LogP contribution in [0.2, 0.25) is 0 Å².